The molecule has 0 bridgehead atoms. The first-order chi connectivity index (χ1) is 5.97. The number of aromatic amines is 1. The minimum atomic E-state index is -1.05. The maximum absolute atomic E-state index is 10.7. The number of H-pyrrole nitrogens is 1. The van der Waals surface area contributed by atoms with Gasteiger partial charge in [0.05, 0.1) is 12.1 Å². The van der Waals surface area contributed by atoms with Gasteiger partial charge in [0.15, 0.2) is 0 Å². The molecule has 0 aromatic carbocycles. The van der Waals surface area contributed by atoms with E-state index in [0.717, 1.165) is 6.07 Å². The van der Waals surface area contributed by atoms with E-state index in [4.69, 9.17) is 10.8 Å². The first kappa shape index (κ1) is 9.76. The van der Waals surface area contributed by atoms with Crippen molar-refractivity contribution in [3.05, 3.63) is 28.2 Å². The van der Waals surface area contributed by atoms with Crippen LogP contribution >= 0.6 is 0 Å². The molecule has 0 amide bonds. The lowest BCUT2D eigenvalue weighted by atomic mass is 9.95. The van der Waals surface area contributed by atoms with Crippen LogP contribution in [0.25, 0.3) is 0 Å². The maximum atomic E-state index is 10.7. The van der Waals surface area contributed by atoms with Crippen molar-refractivity contribution in [2.45, 2.75) is 12.5 Å². The van der Waals surface area contributed by atoms with Crippen LogP contribution in [0.4, 0.5) is 0 Å². The Morgan fingerprint density at radius 1 is 1.69 bits per heavy atom. The van der Waals surface area contributed by atoms with Gasteiger partial charge in [-0.05, 0) is 6.92 Å². The summed E-state index contributed by atoms with van der Waals surface area (Å²) < 4.78 is 0. The fourth-order valence-corrected chi connectivity index (χ4v) is 1.00. The molecule has 0 fully saturated rings. The Balaban J connectivity index is 3.23. The number of hydrogen-bond acceptors (Lipinski definition) is 4. The molecule has 0 spiro atoms. The van der Waals surface area contributed by atoms with Gasteiger partial charge in [0.2, 0.25) is 0 Å². The number of hydrogen-bond donors (Lipinski definition) is 4. The second-order valence-electron chi connectivity index (χ2n) is 3.17. The second kappa shape index (κ2) is 3.20. The van der Waals surface area contributed by atoms with E-state index in [9.17, 15) is 9.90 Å². The van der Waals surface area contributed by atoms with Crippen molar-refractivity contribution in [1.29, 1.82) is 0 Å². The van der Waals surface area contributed by atoms with Gasteiger partial charge in [0.1, 0.15) is 5.75 Å². The van der Waals surface area contributed by atoms with E-state index < -0.39 is 11.1 Å². The highest BCUT2D eigenvalue weighted by molar-refractivity contribution is 5.34. The molecule has 13 heavy (non-hydrogen) atoms. The number of aliphatic hydroxyl groups excluding tert-OH is 1. The zero-order chi connectivity index (χ0) is 10.1. The molecule has 0 radical (unpaired) electrons. The molecule has 1 heterocycles. The quantitative estimate of drug-likeness (QED) is 0.485. The van der Waals surface area contributed by atoms with E-state index >= 15 is 0 Å². The van der Waals surface area contributed by atoms with Gasteiger partial charge in [-0.2, -0.15) is 0 Å². The molecule has 1 rings (SSSR count). The van der Waals surface area contributed by atoms with Crippen molar-refractivity contribution in [3.8, 4) is 5.75 Å². The predicted molar refractivity (Wildman–Crippen MR) is 47.4 cm³/mol. The molecule has 5 N–H and O–H groups in total. The third kappa shape index (κ3) is 1.88. The Labute approximate surface area is 74.8 Å². The van der Waals surface area contributed by atoms with Crippen LogP contribution in [0, 0.1) is 0 Å². The van der Waals surface area contributed by atoms with E-state index in [2.05, 4.69) is 4.98 Å². The van der Waals surface area contributed by atoms with Gasteiger partial charge in [-0.15, -0.1) is 0 Å². The lowest BCUT2D eigenvalue weighted by Crippen LogP contribution is -2.37. The predicted octanol–water partition coefficient (Wildman–Crippen LogP) is -0.753. The second-order valence-corrected chi connectivity index (χ2v) is 3.17. The van der Waals surface area contributed by atoms with E-state index in [1.807, 2.05) is 0 Å². The molecular weight excluding hydrogens is 172 g/mol. The zero-order valence-corrected chi connectivity index (χ0v) is 7.24. The van der Waals surface area contributed by atoms with Crippen molar-refractivity contribution in [3.63, 3.8) is 0 Å². The van der Waals surface area contributed by atoms with Crippen molar-refractivity contribution >= 4 is 0 Å². The van der Waals surface area contributed by atoms with Crippen LogP contribution < -0.4 is 11.3 Å². The van der Waals surface area contributed by atoms with Crippen LogP contribution in [-0.4, -0.2) is 21.8 Å². The number of rotatable bonds is 2. The highest BCUT2D eigenvalue weighted by Crippen LogP contribution is 2.23. The Hall–Kier alpha value is -1.33. The molecule has 0 saturated heterocycles. The van der Waals surface area contributed by atoms with Crippen molar-refractivity contribution in [2.75, 3.05) is 6.61 Å². The standard InChI is InChI=1S/C8H12N2O3/c1-8(9,4-11)5-3-10-7(13)2-6(5)12/h2-3,11H,4,9H2,1H3,(H2,10,12,13)/t8-/m1/s1. The van der Waals surface area contributed by atoms with Crippen LogP contribution in [0.5, 0.6) is 5.75 Å². The third-order valence-electron chi connectivity index (χ3n) is 1.85. The van der Waals surface area contributed by atoms with Crippen LogP contribution in [0.2, 0.25) is 0 Å². The number of aromatic hydroxyl groups is 1. The number of nitrogens with two attached hydrogens (primary N) is 1. The summed E-state index contributed by atoms with van der Waals surface area (Å²) in [5.41, 5.74) is 4.52. The van der Waals surface area contributed by atoms with Crippen molar-refractivity contribution < 1.29 is 10.2 Å². The van der Waals surface area contributed by atoms with Crippen LogP contribution in [0.15, 0.2) is 17.1 Å². The van der Waals surface area contributed by atoms with Gasteiger partial charge in [0, 0.05) is 17.8 Å². The van der Waals surface area contributed by atoms with E-state index in [1.54, 1.807) is 6.92 Å². The van der Waals surface area contributed by atoms with Gasteiger partial charge < -0.3 is 20.9 Å². The first-order valence-corrected chi connectivity index (χ1v) is 3.79. The van der Waals surface area contributed by atoms with Crippen LogP contribution in [0.1, 0.15) is 12.5 Å². The molecule has 0 unspecified atom stereocenters. The van der Waals surface area contributed by atoms with Gasteiger partial charge in [-0.1, -0.05) is 0 Å². The Bertz CT molecular complexity index is 357. The smallest absolute Gasteiger partial charge is 0.251 e. The summed E-state index contributed by atoms with van der Waals surface area (Å²) in [5, 5.41) is 18.3. The Morgan fingerprint density at radius 3 is 2.77 bits per heavy atom. The largest absolute Gasteiger partial charge is 0.507 e. The molecule has 0 saturated carbocycles. The minimum Gasteiger partial charge on any atom is -0.507 e. The summed E-state index contributed by atoms with van der Waals surface area (Å²) in [5.74, 6) is -0.206. The Kier molecular flexibility index (Phi) is 2.40. The molecule has 1 aromatic rings. The lowest BCUT2D eigenvalue weighted by molar-refractivity contribution is 0.206. The topological polar surface area (TPSA) is 99.3 Å². The fourth-order valence-electron chi connectivity index (χ4n) is 1.00. The number of pyridine rings is 1. The molecule has 0 aliphatic carbocycles. The summed E-state index contributed by atoms with van der Waals surface area (Å²) in [4.78, 5) is 13.1. The Morgan fingerprint density at radius 2 is 2.31 bits per heavy atom. The van der Waals surface area contributed by atoms with E-state index in [1.165, 1.54) is 6.20 Å². The summed E-state index contributed by atoms with van der Waals surface area (Å²) in [6, 6.07) is 1.02. The maximum Gasteiger partial charge on any atom is 0.251 e. The summed E-state index contributed by atoms with van der Waals surface area (Å²) in [6.45, 7) is 1.24. The number of nitrogens with one attached hydrogen (secondary N) is 1. The van der Waals surface area contributed by atoms with Crippen LogP contribution in [0.3, 0.4) is 0 Å². The van der Waals surface area contributed by atoms with Crippen molar-refractivity contribution in [1.82, 2.24) is 4.98 Å². The third-order valence-corrected chi connectivity index (χ3v) is 1.85. The normalized spacial score (nSPS) is 15.3. The highest BCUT2D eigenvalue weighted by atomic mass is 16.3. The molecular formula is C8H12N2O3. The van der Waals surface area contributed by atoms with Gasteiger partial charge >= 0.3 is 0 Å². The van der Waals surface area contributed by atoms with Gasteiger partial charge in [-0.3, -0.25) is 4.79 Å². The highest BCUT2D eigenvalue weighted by Gasteiger charge is 2.23. The molecule has 1 aromatic heterocycles. The first-order valence-electron chi connectivity index (χ1n) is 3.79. The lowest BCUT2D eigenvalue weighted by Gasteiger charge is -2.22. The monoisotopic (exact) mass is 184 g/mol. The average Bonchev–Trinajstić information content (AvgIpc) is 2.03. The van der Waals surface area contributed by atoms with E-state index in [-0.39, 0.29) is 12.4 Å². The van der Waals surface area contributed by atoms with Crippen molar-refractivity contribution in [2.24, 2.45) is 5.73 Å². The molecule has 5 heteroatoms. The molecule has 0 aliphatic heterocycles. The minimum absolute atomic E-state index is 0.206. The number of aromatic nitrogens is 1. The molecule has 72 valence electrons. The van der Waals surface area contributed by atoms with Crippen LogP contribution in [-0.2, 0) is 5.54 Å². The zero-order valence-electron chi connectivity index (χ0n) is 7.24. The van der Waals surface area contributed by atoms with E-state index in [0.29, 0.717) is 5.56 Å². The van der Waals surface area contributed by atoms with Gasteiger partial charge in [0.25, 0.3) is 5.56 Å². The summed E-state index contributed by atoms with van der Waals surface area (Å²) >= 11 is 0. The average molecular weight is 184 g/mol. The summed E-state index contributed by atoms with van der Waals surface area (Å²) in [6.07, 6.45) is 1.30. The molecule has 5 nitrogen and oxygen atoms in total. The summed E-state index contributed by atoms with van der Waals surface area (Å²) in [7, 11) is 0. The number of aliphatic hydroxyl groups is 1. The molecule has 1 atom stereocenters. The molecule has 0 aliphatic rings. The SMILES string of the molecule is C[C@@](N)(CO)c1c[nH]c(=O)cc1O. The fraction of sp³-hybridized carbons (Fsp3) is 0.375. The van der Waals surface area contributed by atoms with Gasteiger partial charge in [-0.25, -0.2) is 0 Å².